The molecule has 3 aliphatic rings. The van der Waals surface area contributed by atoms with E-state index in [1.165, 1.54) is 31.2 Å². The molecule has 5 rings (SSSR count). The monoisotopic (exact) mass is 426 g/mol. The molecule has 1 amide bonds. The molecule has 1 aromatic carbocycles. The molecule has 30 heavy (non-hydrogen) atoms. The summed E-state index contributed by atoms with van der Waals surface area (Å²) in [5, 5.41) is 9.85. The molecule has 160 valence electrons. The predicted octanol–water partition coefficient (Wildman–Crippen LogP) is 2.65. The fourth-order valence-corrected chi connectivity index (χ4v) is 5.27. The smallest absolute Gasteiger partial charge is 0.233 e. The van der Waals surface area contributed by atoms with Crippen LogP contribution in [0.5, 0.6) is 0 Å². The SMILES string of the molecule is O=C(CSc1nnc(N2CCCC2)n1C1CC1)N1CCN(Cc2ccccc2)CC1. The van der Waals surface area contributed by atoms with E-state index < -0.39 is 0 Å². The van der Waals surface area contributed by atoms with Gasteiger partial charge in [-0.2, -0.15) is 0 Å². The van der Waals surface area contributed by atoms with Gasteiger partial charge >= 0.3 is 0 Å². The van der Waals surface area contributed by atoms with Crippen molar-refractivity contribution in [1.82, 2.24) is 24.6 Å². The number of hydrogen-bond acceptors (Lipinski definition) is 6. The van der Waals surface area contributed by atoms with Crippen LogP contribution in [0.15, 0.2) is 35.5 Å². The summed E-state index contributed by atoms with van der Waals surface area (Å²) in [6.45, 7) is 6.58. The Morgan fingerprint density at radius 1 is 0.967 bits per heavy atom. The Labute approximate surface area is 182 Å². The lowest BCUT2D eigenvalue weighted by atomic mass is 10.2. The van der Waals surface area contributed by atoms with Gasteiger partial charge in [0.2, 0.25) is 11.9 Å². The summed E-state index contributed by atoms with van der Waals surface area (Å²) < 4.78 is 2.29. The molecular weight excluding hydrogens is 396 g/mol. The number of carbonyl (C=O) groups excluding carboxylic acids is 1. The fraction of sp³-hybridized carbons (Fsp3) is 0.591. The summed E-state index contributed by atoms with van der Waals surface area (Å²) in [4.78, 5) is 19.6. The molecule has 0 radical (unpaired) electrons. The first kappa shape index (κ1) is 19.9. The zero-order chi connectivity index (χ0) is 20.3. The van der Waals surface area contributed by atoms with Crippen LogP contribution in [0.1, 0.15) is 37.3 Å². The minimum absolute atomic E-state index is 0.215. The molecule has 0 bridgehead atoms. The molecule has 3 heterocycles. The van der Waals surface area contributed by atoms with E-state index >= 15 is 0 Å². The summed E-state index contributed by atoms with van der Waals surface area (Å²) in [5.74, 6) is 1.68. The highest BCUT2D eigenvalue weighted by atomic mass is 32.2. The first-order valence-electron chi connectivity index (χ1n) is 11.1. The number of benzene rings is 1. The van der Waals surface area contributed by atoms with Gasteiger partial charge in [-0.3, -0.25) is 14.3 Å². The van der Waals surface area contributed by atoms with Crippen molar-refractivity contribution in [3.8, 4) is 0 Å². The maximum Gasteiger partial charge on any atom is 0.233 e. The lowest BCUT2D eigenvalue weighted by molar-refractivity contribution is -0.130. The highest BCUT2D eigenvalue weighted by Gasteiger charge is 2.33. The largest absolute Gasteiger partial charge is 0.341 e. The van der Waals surface area contributed by atoms with Crippen molar-refractivity contribution in [3.63, 3.8) is 0 Å². The first-order chi connectivity index (χ1) is 14.8. The van der Waals surface area contributed by atoms with Gasteiger partial charge in [0.25, 0.3) is 0 Å². The van der Waals surface area contributed by atoms with Crippen LogP contribution in [-0.4, -0.2) is 75.5 Å². The Morgan fingerprint density at radius 3 is 2.40 bits per heavy atom. The standard InChI is InChI=1S/C22H30N6OS/c29-20(26-14-12-25(13-15-26)16-18-6-2-1-3-7-18)17-30-22-24-23-21(27-10-4-5-11-27)28(22)19-8-9-19/h1-3,6-7,19H,4-5,8-17H2. The second kappa shape index (κ2) is 8.98. The predicted molar refractivity (Wildman–Crippen MR) is 119 cm³/mol. The maximum atomic E-state index is 12.8. The van der Waals surface area contributed by atoms with Gasteiger partial charge in [0.05, 0.1) is 5.75 Å². The second-order valence-corrected chi connectivity index (χ2v) is 9.45. The van der Waals surface area contributed by atoms with Crippen molar-refractivity contribution >= 4 is 23.6 Å². The van der Waals surface area contributed by atoms with Crippen molar-refractivity contribution in [2.24, 2.45) is 0 Å². The van der Waals surface area contributed by atoms with Gasteiger partial charge in [-0.1, -0.05) is 42.1 Å². The molecule has 1 aromatic heterocycles. The number of nitrogens with zero attached hydrogens (tertiary/aromatic N) is 6. The third kappa shape index (κ3) is 4.49. The minimum Gasteiger partial charge on any atom is -0.341 e. The molecule has 0 N–H and O–H groups in total. The number of rotatable bonds is 7. The average molecular weight is 427 g/mol. The second-order valence-electron chi connectivity index (χ2n) is 8.51. The van der Waals surface area contributed by atoms with Crippen molar-refractivity contribution in [2.75, 3.05) is 49.9 Å². The van der Waals surface area contributed by atoms with E-state index in [0.29, 0.717) is 11.8 Å². The van der Waals surface area contributed by atoms with E-state index in [1.807, 2.05) is 4.90 Å². The molecule has 7 nitrogen and oxygen atoms in total. The Hall–Kier alpha value is -2.06. The van der Waals surface area contributed by atoms with Gasteiger partial charge in [-0.15, -0.1) is 10.2 Å². The molecule has 1 aliphatic carbocycles. The van der Waals surface area contributed by atoms with Crippen molar-refractivity contribution < 1.29 is 4.79 Å². The van der Waals surface area contributed by atoms with E-state index in [-0.39, 0.29) is 5.91 Å². The maximum absolute atomic E-state index is 12.8. The normalized spacial score (nSPS) is 20.1. The number of anilines is 1. The zero-order valence-electron chi connectivity index (χ0n) is 17.4. The Bertz CT molecular complexity index is 854. The number of carbonyl (C=O) groups is 1. The summed E-state index contributed by atoms with van der Waals surface area (Å²) in [5.41, 5.74) is 1.33. The van der Waals surface area contributed by atoms with Crippen LogP contribution in [0, 0.1) is 0 Å². The molecule has 1 saturated carbocycles. The molecule has 0 atom stereocenters. The van der Waals surface area contributed by atoms with Crippen molar-refractivity contribution in [1.29, 1.82) is 0 Å². The van der Waals surface area contributed by atoms with Crippen LogP contribution in [0.4, 0.5) is 5.95 Å². The van der Waals surface area contributed by atoms with Gasteiger partial charge < -0.3 is 9.80 Å². The van der Waals surface area contributed by atoms with Crippen LogP contribution >= 0.6 is 11.8 Å². The van der Waals surface area contributed by atoms with Gasteiger partial charge in [0.1, 0.15) is 0 Å². The van der Waals surface area contributed by atoms with Crippen LogP contribution in [0.3, 0.4) is 0 Å². The van der Waals surface area contributed by atoms with E-state index in [0.717, 1.165) is 56.9 Å². The summed E-state index contributed by atoms with van der Waals surface area (Å²) in [6, 6.07) is 11.1. The number of aromatic nitrogens is 3. The van der Waals surface area contributed by atoms with Crippen LogP contribution in [-0.2, 0) is 11.3 Å². The van der Waals surface area contributed by atoms with E-state index in [1.54, 1.807) is 11.8 Å². The molecule has 2 aromatic rings. The van der Waals surface area contributed by atoms with E-state index in [4.69, 9.17) is 0 Å². The highest BCUT2D eigenvalue weighted by Crippen LogP contribution is 2.41. The van der Waals surface area contributed by atoms with Gasteiger partial charge in [-0.25, -0.2) is 0 Å². The molecule has 3 fully saturated rings. The third-order valence-corrected chi connectivity index (χ3v) is 7.17. The lowest BCUT2D eigenvalue weighted by Crippen LogP contribution is -2.48. The summed E-state index contributed by atoms with van der Waals surface area (Å²) >= 11 is 1.56. The number of piperazine rings is 1. The number of thioether (sulfide) groups is 1. The molecule has 2 aliphatic heterocycles. The molecule has 8 heteroatoms. The zero-order valence-corrected chi connectivity index (χ0v) is 18.3. The summed E-state index contributed by atoms with van der Waals surface area (Å²) in [7, 11) is 0. The van der Waals surface area contributed by atoms with Crippen molar-refractivity contribution in [3.05, 3.63) is 35.9 Å². The fourth-order valence-electron chi connectivity index (χ4n) is 4.37. The summed E-state index contributed by atoms with van der Waals surface area (Å²) in [6.07, 6.45) is 4.86. The van der Waals surface area contributed by atoms with Crippen LogP contribution < -0.4 is 4.90 Å². The third-order valence-electron chi connectivity index (χ3n) is 6.25. The molecule has 0 spiro atoms. The first-order valence-corrected chi connectivity index (χ1v) is 12.1. The number of amides is 1. The molecular formula is C22H30N6OS. The minimum atomic E-state index is 0.215. The average Bonchev–Trinajstić information content (AvgIpc) is 3.30. The van der Waals surface area contributed by atoms with E-state index in [2.05, 4.69) is 54.9 Å². The molecule has 0 unspecified atom stereocenters. The molecule has 2 saturated heterocycles. The Kier molecular flexibility index (Phi) is 5.95. The Balaban J connectivity index is 1.14. The van der Waals surface area contributed by atoms with Crippen LogP contribution in [0.2, 0.25) is 0 Å². The highest BCUT2D eigenvalue weighted by molar-refractivity contribution is 7.99. The van der Waals surface area contributed by atoms with Crippen molar-refractivity contribution in [2.45, 2.75) is 43.4 Å². The lowest BCUT2D eigenvalue weighted by Gasteiger charge is -2.34. The Morgan fingerprint density at radius 2 is 1.70 bits per heavy atom. The van der Waals surface area contributed by atoms with Gasteiger partial charge in [-0.05, 0) is 31.2 Å². The van der Waals surface area contributed by atoms with Gasteiger partial charge in [0, 0.05) is 51.9 Å². The quantitative estimate of drug-likeness (QED) is 0.635. The van der Waals surface area contributed by atoms with Gasteiger partial charge in [0.15, 0.2) is 5.16 Å². The van der Waals surface area contributed by atoms with E-state index in [9.17, 15) is 4.79 Å². The topological polar surface area (TPSA) is 57.5 Å². The number of hydrogen-bond donors (Lipinski definition) is 0. The van der Waals surface area contributed by atoms with Crippen LogP contribution in [0.25, 0.3) is 0 Å².